The number of likely N-dealkylation sites (tertiary alicyclic amines) is 1. The molecule has 1 amide bonds. The number of nitrogens with one attached hydrogen (secondary N) is 1. The predicted molar refractivity (Wildman–Crippen MR) is 92.3 cm³/mol. The number of sulfone groups is 1. The van der Waals surface area contributed by atoms with Crippen LogP contribution in [0.25, 0.3) is 0 Å². The SMILES string of the molecule is CC(CC1CCCN1C(=O)OC(C)(C)C)NC(C)CS(C)(=O)=O. The molecular formula is C16H32N2O4S. The number of carbonyl (C=O) groups excluding carboxylic acids is 1. The van der Waals surface area contributed by atoms with Crippen LogP contribution in [0.3, 0.4) is 0 Å². The Balaban J connectivity index is 2.53. The van der Waals surface area contributed by atoms with E-state index in [0.717, 1.165) is 25.8 Å². The fourth-order valence-corrected chi connectivity index (χ4v) is 4.11. The summed E-state index contributed by atoms with van der Waals surface area (Å²) in [7, 11) is -2.99. The molecule has 1 N–H and O–H groups in total. The molecule has 6 nitrogen and oxygen atoms in total. The lowest BCUT2D eigenvalue weighted by Gasteiger charge is -2.30. The molecular weight excluding hydrogens is 316 g/mol. The molecule has 0 spiro atoms. The molecule has 0 radical (unpaired) electrons. The Labute approximate surface area is 140 Å². The van der Waals surface area contributed by atoms with Crippen LogP contribution in [-0.2, 0) is 14.6 Å². The minimum Gasteiger partial charge on any atom is -0.444 e. The highest BCUT2D eigenvalue weighted by molar-refractivity contribution is 7.90. The van der Waals surface area contributed by atoms with Crippen molar-refractivity contribution < 1.29 is 17.9 Å². The fraction of sp³-hybridized carbons (Fsp3) is 0.938. The summed E-state index contributed by atoms with van der Waals surface area (Å²) in [5.41, 5.74) is -0.488. The lowest BCUT2D eigenvalue weighted by Crippen LogP contribution is -2.45. The Morgan fingerprint density at radius 3 is 2.43 bits per heavy atom. The van der Waals surface area contributed by atoms with E-state index in [2.05, 4.69) is 5.32 Å². The van der Waals surface area contributed by atoms with E-state index in [1.54, 1.807) is 0 Å². The van der Waals surface area contributed by atoms with E-state index in [1.165, 1.54) is 6.26 Å². The minimum atomic E-state index is -2.99. The van der Waals surface area contributed by atoms with Gasteiger partial charge in [-0.05, 0) is 53.9 Å². The molecule has 1 saturated heterocycles. The number of hydrogen-bond acceptors (Lipinski definition) is 5. The van der Waals surface area contributed by atoms with Crippen LogP contribution in [-0.4, -0.2) is 61.7 Å². The first-order valence-electron chi connectivity index (χ1n) is 8.31. The van der Waals surface area contributed by atoms with Gasteiger partial charge in [-0.1, -0.05) is 0 Å². The molecule has 0 aromatic heterocycles. The van der Waals surface area contributed by atoms with Crippen molar-refractivity contribution in [1.82, 2.24) is 10.2 Å². The van der Waals surface area contributed by atoms with Crippen molar-refractivity contribution in [3.05, 3.63) is 0 Å². The van der Waals surface area contributed by atoms with Gasteiger partial charge in [0.25, 0.3) is 0 Å². The number of nitrogens with zero attached hydrogens (tertiary/aromatic N) is 1. The second-order valence-corrected chi connectivity index (χ2v) is 9.95. The van der Waals surface area contributed by atoms with Gasteiger partial charge in [0.2, 0.25) is 0 Å². The van der Waals surface area contributed by atoms with Crippen LogP contribution in [0.1, 0.15) is 53.9 Å². The summed E-state index contributed by atoms with van der Waals surface area (Å²) in [6.07, 6.45) is 3.74. The second kappa shape index (κ2) is 7.83. The largest absolute Gasteiger partial charge is 0.444 e. The van der Waals surface area contributed by atoms with Gasteiger partial charge in [0.1, 0.15) is 15.4 Å². The van der Waals surface area contributed by atoms with E-state index in [1.807, 2.05) is 39.5 Å². The smallest absolute Gasteiger partial charge is 0.410 e. The number of hydrogen-bond donors (Lipinski definition) is 1. The van der Waals surface area contributed by atoms with Crippen molar-refractivity contribution in [3.63, 3.8) is 0 Å². The van der Waals surface area contributed by atoms with Gasteiger partial charge in [0.15, 0.2) is 0 Å². The summed E-state index contributed by atoms with van der Waals surface area (Å²) in [6, 6.07) is 0.189. The number of rotatable bonds is 6. The third kappa shape index (κ3) is 8.01. The maximum absolute atomic E-state index is 12.3. The van der Waals surface area contributed by atoms with Gasteiger partial charge in [-0.2, -0.15) is 0 Å². The maximum Gasteiger partial charge on any atom is 0.410 e. The van der Waals surface area contributed by atoms with Crippen molar-refractivity contribution >= 4 is 15.9 Å². The van der Waals surface area contributed by atoms with E-state index < -0.39 is 15.4 Å². The van der Waals surface area contributed by atoms with E-state index in [4.69, 9.17) is 4.74 Å². The van der Waals surface area contributed by atoms with E-state index >= 15 is 0 Å². The van der Waals surface area contributed by atoms with Gasteiger partial charge in [-0.25, -0.2) is 13.2 Å². The second-order valence-electron chi connectivity index (χ2n) is 7.77. The standard InChI is InChI=1S/C16H32N2O4S/c1-12(17-13(2)11-23(6,20)21)10-14-8-7-9-18(14)15(19)22-16(3,4)5/h12-14,17H,7-11H2,1-6H3. The summed E-state index contributed by atoms with van der Waals surface area (Å²) in [5, 5.41) is 3.31. The van der Waals surface area contributed by atoms with Crippen molar-refractivity contribution in [3.8, 4) is 0 Å². The van der Waals surface area contributed by atoms with Gasteiger partial charge >= 0.3 is 6.09 Å². The van der Waals surface area contributed by atoms with Gasteiger partial charge in [-0.15, -0.1) is 0 Å². The lowest BCUT2D eigenvalue weighted by atomic mass is 10.1. The highest BCUT2D eigenvalue weighted by atomic mass is 32.2. The molecule has 0 aliphatic carbocycles. The average molecular weight is 349 g/mol. The van der Waals surface area contributed by atoms with Crippen LogP contribution in [0, 0.1) is 0 Å². The number of carbonyl (C=O) groups is 1. The summed E-state index contributed by atoms with van der Waals surface area (Å²) < 4.78 is 28.1. The number of amides is 1. The summed E-state index contributed by atoms with van der Waals surface area (Å²) in [4.78, 5) is 14.1. The quantitative estimate of drug-likeness (QED) is 0.796. The minimum absolute atomic E-state index is 0.101. The summed E-state index contributed by atoms with van der Waals surface area (Å²) in [6.45, 7) is 10.2. The molecule has 1 fully saturated rings. The molecule has 1 heterocycles. The third-order valence-electron chi connectivity index (χ3n) is 3.75. The Morgan fingerprint density at radius 2 is 1.91 bits per heavy atom. The van der Waals surface area contributed by atoms with Gasteiger partial charge in [-0.3, -0.25) is 0 Å². The van der Waals surface area contributed by atoms with Crippen LogP contribution >= 0.6 is 0 Å². The lowest BCUT2D eigenvalue weighted by molar-refractivity contribution is 0.0214. The molecule has 0 aromatic carbocycles. The van der Waals surface area contributed by atoms with Crippen molar-refractivity contribution in [2.75, 3.05) is 18.6 Å². The van der Waals surface area contributed by atoms with E-state index in [9.17, 15) is 13.2 Å². The molecule has 3 atom stereocenters. The highest BCUT2D eigenvalue weighted by Crippen LogP contribution is 2.24. The van der Waals surface area contributed by atoms with Crippen molar-refractivity contribution in [2.45, 2.75) is 77.6 Å². The van der Waals surface area contributed by atoms with Gasteiger partial charge in [0, 0.05) is 30.9 Å². The van der Waals surface area contributed by atoms with Crippen LogP contribution in [0.2, 0.25) is 0 Å². The summed E-state index contributed by atoms with van der Waals surface area (Å²) >= 11 is 0. The average Bonchev–Trinajstić information content (AvgIpc) is 2.71. The van der Waals surface area contributed by atoms with Crippen molar-refractivity contribution in [1.29, 1.82) is 0 Å². The first-order chi connectivity index (χ1) is 10.4. The Hall–Kier alpha value is -0.820. The van der Waals surface area contributed by atoms with Crippen LogP contribution < -0.4 is 5.32 Å². The molecule has 1 aliphatic heterocycles. The van der Waals surface area contributed by atoms with Crippen LogP contribution in [0.5, 0.6) is 0 Å². The van der Waals surface area contributed by atoms with Crippen molar-refractivity contribution in [2.24, 2.45) is 0 Å². The normalized spacial score (nSPS) is 22.0. The summed E-state index contributed by atoms with van der Waals surface area (Å²) in [5.74, 6) is 0.123. The first kappa shape index (κ1) is 20.2. The highest BCUT2D eigenvalue weighted by Gasteiger charge is 2.33. The Kier molecular flexibility index (Phi) is 6.89. The molecule has 1 aliphatic rings. The molecule has 7 heteroatoms. The monoisotopic (exact) mass is 348 g/mol. The number of ether oxygens (including phenoxy) is 1. The maximum atomic E-state index is 12.3. The molecule has 23 heavy (non-hydrogen) atoms. The Bertz CT molecular complexity index is 499. The third-order valence-corrected chi connectivity index (χ3v) is 4.86. The zero-order chi connectivity index (χ0) is 17.8. The molecule has 136 valence electrons. The van der Waals surface area contributed by atoms with Crippen LogP contribution in [0.15, 0.2) is 0 Å². The van der Waals surface area contributed by atoms with Crippen LogP contribution in [0.4, 0.5) is 4.79 Å². The first-order valence-corrected chi connectivity index (χ1v) is 10.4. The van der Waals surface area contributed by atoms with E-state index in [0.29, 0.717) is 0 Å². The zero-order valence-corrected chi connectivity index (χ0v) is 16.1. The molecule has 0 aromatic rings. The fourth-order valence-electron chi connectivity index (χ4n) is 3.11. The van der Waals surface area contributed by atoms with E-state index in [-0.39, 0.29) is 30.0 Å². The molecule has 0 saturated carbocycles. The zero-order valence-electron chi connectivity index (χ0n) is 15.3. The van der Waals surface area contributed by atoms with Gasteiger partial charge in [0.05, 0.1) is 5.75 Å². The van der Waals surface area contributed by atoms with Gasteiger partial charge < -0.3 is 15.0 Å². The molecule has 3 unspecified atom stereocenters. The topological polar surface area (TPSA) is 75.7 Å². The Morgan fingerprint density at radius 1 is 1.30 bits per heavy atom. The predicted octanol–water partition coefficient (Wildman–Crippen LogP) is 2.19. The molecule has 1 rings (SSSR count). The molecule has 0 bridgehead atoms.